The summed E-state index contributed by atoms with van der Waals surface area (Å²) < 4.78 is 0. The molecule has 0 saturated carbocycles. The van der Waals surface area contributed by atoms with E-state index in [4.69, 9.17) is 0 Å². The lowest BCUT2D eigenvalue weighted by Crippen LogP contribution is -2.20. The molecular weight excluding hydrogens is 144 g/mol. The normalized spacial score (nSPS) is 23.8. The largest absolute Gasteiger partial charge is 0.0911 e. The molecule has 0 spiro atoms. The zero-order chi connectivity index (χ0) is 9.03. The molecule has 0 fully saturated rings. The predicted octanol–water partition coefficient (Wildman–Crippen LogP) is 3.72. The fraction of sp³-hybridized carbons (Fsp3) is 0.500. The van der Waals surface area contributed by atoms with Crippen molar-refractivity contribution in [1.82, 2.24) is 0 Å². The molecule has 1 unspecified atom stereocenters. The Kier molecular flexibility index (Phi) is 2.91. The highest BCUT2D eigenvalue weighted by atomic mass is 14.3. The number of hydrogen-bond donors (Lipinski definition) is 0. The lowest BCUT2D eigenvalue weighted by atomic mass is 9.75. The summed E-state index contributed by atoms with van der Waals surface area (Å²) in [7, 11) is 0. The van der Waals surface area contributed by atoms with E-state index in [9.17, 15) is 0 Å². The van der Waals surface area contributed by atoms with Crippen molar-refractivity contribution < 1.29 is 0 Å². The van der Waals surface area contributed by atoms with Crippen LogP contribution in [-0.2, 0) is 0 Å². The molecule has 0 aromatic heterocycles. The van der Waals surface area contributed by atoms with Gasteiger partial charge in [-0.2, -0.15) is 0 Å². The average Bonchev–Trinajstić information content (AvgIpc) is 2.06. The molecular formula is C12H18. The van der Waals surface area contributed by atoms with Gasteiger partial charge < -0.3 is 0 Å². The Bertz CT molecular complexity index is 216. The van der Waals surface area contributed by atoms with Crippen molar-refractivity contribution in [3.63, 3.8) is 0 Å². The quantitative estimate of drug-likeness (QED) is 0.543. The third-order valence-electron chi connectivity index (χ3n) is 2.53. The maximum absolute atomic E-state index is 2.31. The van der Waals surface area contributed by atoms with Gasteiger partial charge in [0.2, 0.25) is 0 Å². The van der Waals surface area contributed by atoms with Crippen molar-refractivity contribution in [2.45, 2.75) is 27.2 Å². The third kappa shape index (κ3) is 2.10. The van der Waals surface area contributed by atoms with Crippen LogP contribution in [0, 0.1) is 11.3 Å². The Labute approximate surface area is 75.7 Å². The molecule has 0 radical (unpaired) electrons. The number of hydrogen-bond acceptors (Lipinski definition) is 0. The van der Waals surface area contributed by atoms with Crippen LogP contribution in [0.4, 0.5) is 0 Å². The molecule has 12 heavy (non-hydrogen) atoms. The molecule has 0 nitrogen and oxygen atoms in total. The van der Waals surface area contributed by atoms with Crippen molar-refractivity contribution in [3.05, 3.63) is 36.5 Å². The van der Waals surface area contributed by atoms with E-state index in [-0.39, 0.29) is 0 Å². The Morgan fingerprint density at radius 3 is 2.58 bits per heavy atom. The van der Waals surface area contributed by atoms with E-state index in [1.165, 1.54) is 6.42 Å². The second kappa shape index (κ2) is 3.75. The van der Waals surface area contributed by atoms with Gasteiger partial charge in [0.25, 0.3) is 0 Å². The summed E-state index contributed by atoms with van der Waals surface area (Å²) in [6, 6.07) is 0. The Hall–Kier alpha value is -0.780. The Morgan fingerprint density at radius 1 is 1.33 bits per heavy atom. The zero-order valence-corrected chi connectivity index (χ0v) is 8.25. The van der Waals surface area contributed by atoms with E-state index in [1.807, 2.05) is 0 Å². The van der Waals surface area contributed by atoms with Crippen LogP contribution >= 0.6 is 0 Å². The summed E-state index contributed by atoms with van der Waals surface area (Å²) in [6.07, 6.45) is 14.4. The van der Waals surface area contributed by atoms with Gasteiger partial charge in [-0.15, -0.1) is 0 Å². The van der Waals surface area contributed by atoms with Gasteiger partial charge in [0.1, 0.15) is 0 Å². The van der Waals surface area contributed by atoms with E-state index < -0.39 is 0 Å². The summed E-state index contributed by atoms with van der Waals surface area (Å²) in [5.74, 6) is 0.665. The number of rotatable bonds is 2. The van der Waals surface area contributed by atoms with Crippen LogP contribution in [0.2, 0.25) is 0 Å². The average molecular weight is 162 g/mol. The minimum absolute atomic E-state index is 0.302. The number of allylic oxidation sites excluding steroid dienone is 6. The van der Waals surface area contributed by atoms with Crippen LogP contribution in [0.1, 0.15) is 27.2 Å². The first-order valence-electron chi connectivity index (χ1n) is 4.64. The zero-order valence-electron chi connectivity index (χ0n) is 8.25. The Morgan fingerprint density at radius 2 is 2.08 bits per heavy atom. The Balaban J connectivity index is 2.68. The molecule has 0 bridgehead atoms. The highest BCUT2D eigenvalue weighted by Gasteiger charge is 2.23. The van der Waals surface area contributed by atoms with Crippen molar-refractivity contribution in [1.29, 1.82) is 0 Å². The van der Waals surface area contributed by atoms with Gasteiger partial charge in [0.15, 0.2) is 0 Å². The minimum Gasteiger partial charge on any atom is -0.0911 e. The highest BCUT2D eigenvalue weighted by Crippen LogP contribution is 2.33. The SMILES string of the molecule is CC=CC(C)(C)C1C=CC=CC1. The second-order valence-electron chi connectivity index (χ2n) is 3.98. The minimum atomic E-state index is 0.302. The van der Waals surface area contributed by atoms with Crippen molar-refractivity contribution >= 4 is 0 Å². The van der Waals surface area contributed by atoms with E-state index >= 15 is 0 Å². The smallest absolute Gasteiger partial charge is 0.0109 e. The van der Waals surface area contributed by atoms with Gasteiger partial charge in [0, 0.05) is 0 Å². The summed E-state index contributed by atoms with van der Waals surface area (Å²) in [5, 5.41) is 0. The molecule has 0 aliphatic heterocycles. The molecule has 1 aliphatic rings. The first kappa shape index (κ1) is 9.31. The fourth-order valence-electron chi connectivity index (χ4n) is 1.69. The molecule has 0 saturated heterocycles. The molecule has 0 N–H and O–H groups in total. The third-order valence-corrected chi connectivity index (χ3v) is 2.53. The summed E-state index contributed by atoms with van der Waals surface area (Å²) in [6.45, 7) is 6.67. The molecule has 0 heteroatoms. The molecule has 0 amide bonds. The molecule has 0 heterocycles. The van der Waals surface area contributed by atoms with Crippen LogP contribution in [0.25, 0.3) is 0 Å². The molecule has 1 rings (SSSR count). The van der Waals surface area contributed by atoms with Crippen LogP contribution in [-0.4, -0.2) is 0 Å². The lowest BCUT2D eigenvalue weighted by molar-refractivity contribution is 0.343. The van der Waals surface area contributed by atoms with E-state index in [0.717, 1.165) is 0 Å². The standard InChI is InChI=1S/C12H18/c1-4-10-12(2,3)11-8-6-5-7-9-11/h4-8,10-11H,9H2,1-3H3. The highest BCUT2D eigenvalue weighted by molar-refractivity contribution is 5.15. The molecule has 1 atom stereocenters. The predicted molar refractivity (Wildman–Crippen MR) is 55.0 cm³/mol. The van der Waals surface area contributed by atoms with E-state index in [2.05, 4.69) is 57.2 Å². The molecule has 1 aliphatic carbocycles. The van der Waals surface area contributed by atoms with Crippen molar-refractivity contribution in [3.8, 4) is 0 Å². The monoisotopic (exact) mass is 162 g/mol. The fourth-order valence-corrected chi connectivity index (χ4v) is 1.69. The lowest BCUT2D eigenvalue weighted by Gasteiger charge is -2.29. The van der Waals surface area contributed by atoms with Gasteiger partial charge in [-0.3, -0.25) is 0 Å². The summed E-state index contributed by atoms with van der Waals surface area (Å²) >= 11 is 0. The van der Waals surface area contributed by atoms with Gasteiger partial charge in [-0.1, -0.05) is 50.3 Å². The van der Waals surface area contributed by atoms with Gasteiger partial charge in [0.05, 0.1) is 0 Å². The van der Waals surface area contributed by atoms with Crippen LogP contribution in [0.15, 0.2) is 36.5 Å². The molecule has 0 aromatic carbocycles. The first-order chi connectivity index (χ1) is 5.67. The van der Waals surface area contributed by atoms with Crippen LogP contribution < -0.4 is 0 Å². The van der Waals surface area contributed by atoms with Crippen molar-refractivity contribution in [2.24, 2.45) is 11.3 Å². The summed E-state index contributed by atoms with van der Waals surface area (Å²) in [5.41, 5.74) is 0.302. The van der Waals surface area contributed by atoms with E-state index in [0.29, 0.717) is 11.3 Å². The van der Waals surface area contributed by atoms with Gasteiger partial charge >= 0.3 is 0 Å². The van der Waals surface area contributed by atoms with Crippen molar-refractivity contribution in [2.75, 3.05) is 0 Å². The second-order valence-corrected chi connectivity index (χ2v) is 3.98. The van der Waals surface area contributed by atoms with Crippen LogP contribution in [0.3, 0.4) is 0 Å². The van der Waals surface area contributed by atoms with Gasteiger partial charge in [-0.25, -0.2) is 0 Å². The molecule has 0 aromatic rings. The van der Waals surface area contributed by atoms with Gasteiger partial charge in [-0.05, 0) is 24.7 Å². The topological polar surface area (TPSA) is 0 Å². The van der Waals surface area contributed by atoms with E-state index in [1.54, 1.807) is 0 Å². The molecule has 66 valence electrons. The first-order valence-corrected chi connectivity index (χ1v) is 4.64. The van der Waals surface area contributed by atoms with Crippen LogP contribution in [0.5, 0.6) is 0 Å². The maximum Gasteiger partial charge on any atom is -0.0109 e. The summed E-state index contributed by atoms with van der Waals surface area (Å²) in [4.78, 5) is 0. The maximum atomic E-state index is 2.31.